The van der Waals surface area contributed by atoms with Crippen molar-refractivity contribution in [1.82, 2.24) is 25.2 Å². The minimum atomic E-state index is -0.524. The maximum absolute atomic E-state index is 13.2. The number of nitrogens with two attached hydrogens (primary N) is 1. The van der Waals surface area contributed by atoms with Gasteiger partial charge in [-0.15, -0.1) is 10.2 Å². The predicted molar refractivity (Wildman–Crippen MR) is 123 cm³/mol. The fraction of sp³-hybridized carbons (Fsp3) is 0.130. The van der Waals surface area contributed by atoms with Crippen molar-refractivity contribution in [2.45, 2.75) is 19.0 Å². The molecule has 11 heteroatoms. The van der Waals surface area contributed by atoms with Crippen LogP contribution in [-0.4, -0.2) is 42.7 Å². The number of carbonyl (C=O) groups excluding carboxylic acids is 2. The van der Waals surface area contributed by atoms with Crippen LogP contribution in [-0.2, 0) is 11.3 Å². The van der Waals surface area contributed by atoms with Gasteiger partial charge in [-0.3, -0.25) is 9.59 Å². The van der Waals surface area contributed by atoms with Crippen LogP contribution >= 0.6 is 11.6 Å². The molecule has 2 aromatic heterocycles. The van der Waals surface area contributed by atoms with E-state index in [2.05, 4.69) is 20.5 Å². The molecule has 1 atom stereocenters. The van der Waals surface area contributed by atoms with Crippen LogP contribution in [0.4, 0.5) is 0 Å². The van der Waals surface area contributed by atoms with E-state index in [4.69, 9.17) is 21.8 Å². The number of carbonyl (C=O) groups is 2. The van der Waals surface area contributed by atoms with E-state index >= 15 is 0 Å². The van der Waals surface area contributed by atoms with Crippen LogP contribution in [0.15, 0.2) is 76.4 Å². The van der Waals surface area contributed by atoms with Gasteiger partial charge in [-0.25, -0.2) is 5.01 Å². The first-order valence-corrected chi connectivity index (χ1v) is 10.7. The lowest BCUT2D eigenvalue weighted by Crippen LogP contribution is -2.31. The summed E-state index contributed by atoms with van der Waals surface area (Å²) in [7, 11) is 0. The van der Waals surface area contributed by atoms with Gasteiger partial charge in [0.25, 0.3) is 5.91 Å². The summed E-state index contributed by atoms with van der Waals surface area (Å²) in [6, 6.07) is 17.0. The van der Waals surface area contributed by atoms with Crippen LogP contribution in [0.2, 0.25) is 5.02 Å². The van der Waals surface area contributed by atoms with E-state index in [-0.39, 0.29) is 12.5 Å². The van der Waals surface area contributed by atoms with E-state index in [0.717, 1.165) is 11.3 Å². The van der Waals surface area contributed by atoms with Crippen LogP contribution in [0.5, 0.6) is 0 Å². The third kappa shape index (κ3) is 4.30. The highest BCUT2D eigenvalue weighted by molar-refractivity contribution is 6.30. The van der Waals surface area contributed by atoms with Crippen molar-refractivity contribution in [3.05, 3.63) is 88.8 Å². The van der Waals surface area contributed by atoms with Gasteiger partial charge < -0.3 is 10.2 Å². The van der Waals surface area contributed by atoms with Gasteiger partial charge in [0.1, 0.15) is 18.3 Å². The Kier molecular flexibility index (Phi) is 5.64. The third-order valence-corrected chi connectivity index (χ3v) is 5.62. The summed E-state index contributed by atoms with van der Waals surface area (Å²) in [6.07, 6.45) is 2.05. The Bertz CT molecular complexity index is 1360. The highest BCUT2D eigenvalue weighted by Crippen LogP contribution is 2.33. The number of nitrogens with zero attached hydrogens (tertiary/aromatic N) is 6. The van der Waals surface area contributed by atoms with E-state index in [9.17, 15) is 9.59 Å². The van der Waals surface area contributed by atoms with Gasteiger partial charge in [-0.05, 0) is 47.2 Å². The van der Waals surface area contributed by atoms with Gasteiger partial charge in [0.05, 0.1) is 12.0 Å². The van der Waals surface area contributed by atoms with Crippen molar-refractivity contribution < 1.29 is 14.0 Å². The van der Waals surface area contributed by atoms with Gasteiger partial charge >= 0.3 is 0 Å². The molecule has 0 unspecified atom stereocenters. The third-order valence-electron chi connectivity index (χ3n) is 5.37. The molecule has 170 valence electrons. The number of rotatable bonds is 6. The molecule has 0 fully saturated rings. The van der Waals surface area contributed by atoms with E-state index in [0.29, 0.717) is 34.2 Å². The van der Waals surface area contributed by atoms with Crippen LogP contribution < -0.4 is 5.73 Å². The van der Waals surface area contributed by atoms with Crippen LogP contribution in [0.1, 0.15) is 34.1 Å². The van der Waals surface area contributed by atoms with E-state index < -0.39 is 11.9 Å². The number of amides is 2. The van der Waals surface area contributed by atoms with Gasteiger partial charge in [0, 0.05) is 22.6 Å². The Hall–Kier alpha value is -4.31. The number of benzene rings is 2. The minimum Gasteiger partial charge on any atom is -0.467 e. The summed E-state index contributed by atoms with van der Waals surface area (Å²) < 4.78 is 5.57. The first-order valence-electron chi connectivity index (χ1n) is 10.3. The molecule has 34 heavy (non-hydrogen) atoms. The summed E-state index contributed by atoms with van der Waals surface area (Å²) in [5.41, 5.74) is 7.90. The van der Waals surface area contributed by atoms with E-state index in [1.54, 1.807) is 48.7 Å². The van der Waals surface area contributed by atoms with E-state index in [1.165, 1.54) is 9.81 Å². The van der Waals surface area contributed by atoms with Crippen molar-refractivity contribution in [3.8, 4) is 11.4 Å². The van der Waals surface area contributed by atoms with Gasteiger partial charge in [-0.2, -0.15) is 9.90 Å². The number of tetrazole rings is 1. The summed E-state index contributed by atoms with van der Waals surface area (Å²) in [4.78, 5) is 25.6. The molecule has 0 aliphatic carbocycles. The molecule has 2 aromatic carbocycles. The van der Waals surface area contributed by atoms with Gasteiger partial charge in [0.15, 0.2) is 0 Å². The fourth-order valence-corrected chi connectivity index (χ4v) is 3.79. The average Bonchev–Trinajstić information content (AvgIpc) is 3.60. The molecule has 0 saturated heterocycles. The first-order chi connectivity index (χ1) is 16.5. The second-order valence-electron chi connectivity index (χ2n) is 7.61. The molecule has 3 heterocycles. The summed E-state index contributed by atoms with van der Waals surface area (Å²) in [5, 5.41) is 18.9. The summed E-state index contributed by atoms with van der Waals surface area (Å²) in [6.45, 7) is -0.166. The number of aromatic nitrogens is 4. The maximum Gasteiger partial charge on any atom is 0.267 e. The molecule has 1 aliphatic rings. The number of hydrogen-bond acceptors (Lipinski definition) is 7. The molecule has 0 saturated carbocycles. The highest BCUT2D eigenvalue weighted by atomic mass is 35.5. The predicted octanol–water partition coefficient (Wildman–Crippen LogP) is 3.06. The molecule has 2 amide bonds. The van der Waals surface area contributed by atoms with E-state index in [1.807, 2.05) is 18.2 Å². The topological polar surface area (TPSA) is 132 Å². The molecular weight excluding hydrogens is 458 g/mol. The Balaban J connectivity index is 1.37. The SMILES string of the molecule is NC(=O)c1ccc(-c2nnn(CC(=O)N3N=C(c4ccc(Cl)cc4)C[C@H]3c3ccco3)n2)cc1. The molecule has 10 nitrogen and oxygen atoms in total. The smallest absolute Gasteiger partial charge is 0.267 e. The monoisotopic (exact) mass is 475 g/mol. The van der Waals surface area contributed by atoms with Gasteiger partial charge in [0.2, 0.25) is 11.7 Å². The quantitative estimate of drug-likeness (QED) is 0.455. The molecule has 2 N–H and O–H groups in total. The number of hydrogen-bond donors (Lipinski definition) is 1. The van der Waals surface area contributed by atoms with Crippen LogP contribution in [0.25, 0.3) is 11.4 Å². The molecule has 4 aromatic rings. The maximum atomic E-state index is 13.2. The standard InChI is InChI=1S/C23H18ClN7O3/c24-17-9-7-14(8-10-17)18-12-19(20-2-1-11-34-20)31(27-18)21(32)13-30-28-23(26-29-30)16-5-3-15(4-6-16)22(25)33/h1-11,19H,12-13H2,(H2,25,33)/t19-/m0/s1. The first kappa shape index (κ1) is 21.5. The average molecular weight is 476 g/mol. The number of furan rings is 1. The van der Waals surface area contributed by atoms with Crippen molar-refractivity contribution >= 4 is 29.1 Å². The van der Waals surface area contributed by atoms with Crippen LogP contribution in [0.3, 0.4) is 0 Å². The Labute approximate surface area is 198 Å². The lowest BCUT2D eigenvalue weighted by Gasteiger charge is -2.19. The minimum absolute atomic E-state index is 0.166. The Morgan fingerprint density at radius 3 is 2.47 bits per heavy atom. The van der Waals surface area contributed by atoms with Crippen molar-refractivity contribution in [3.63, 3.8) is 0 Å². The zero-order chi connectivity index (χ0) is 23.7. The van der Waals surface area contributed by atoms with Gasteiger partial charge in [-0.1, -0.05) is 35.9 Å². The number of primary amides is 1. The summed E-state index contributed by atoms with van der Waals surface area (Å²) in [5.74, 6) is 0.100. The Morgan fingerprint density at radius 2 is 1.79 bits per heavy atom. The Morgan fingerprint density at radius 1 is 1.06 bits per heavy atom. The molecular formula is C23H18ClN7O3. The zero-order valence-corrected chi connectivity index (χ0v) is 18.5. The van der Waals surface area contributed by atoms with Crippen LogP contribution in [0, 0.1) is 0 Å². The van der Waals surface area contributed by atoms with Crippen molar-refractivity contribution in [1.29, 1.82) is 0 Å². The second-order valence-corrected chi connectivity index (χ2v) is 8.05. The second kappa shape index (κ2) is 8.91. The molecule has 0 radical (unpaired) electrons. The van der Waals surface area contributed by atoms with Crippen molar-refractivity contribution in [2.75, 3.05) is 0 Å². The largest absolute Gasteiger partial charge is 0.467 e. The lowest BCUT2D eigenvalue weighted by atomic mass is 10.0. The number of halogens is 1. The normalized spacial score (nSPS) is 15.4. The fourth-order valence-electron chi connectivity index (χ4n) is 3.66. The molecule has 0 spiro atoms. The molecule has 0 bridgehead atoms. The lowest BCUT2D eigenvalue weighted by molar-refractivity contribution is -0.134. The zero-order valence-electron chi connectivity index (χ0n) is 17.7. The number of hydrazone groups is 1. The van der Waals surface area contributed by atoms with Crippen molar-refractivity contribution in [2.24, 2.45) is 10.8 Å². The molecule has 1 aliphatic heterocycles. The highest BCUT2D eigenvalue weighted by Gasteiger charge is 2.35. The molecule has 5 rings (SSSR count). The summed E-state index contributed by atoms with van der Waals surface area (Å²) >= 11 is 6.00.